The lowest BCUT2D eigenvalue weighted by atomic mass is 10.1. The average Bonchev–Trinajstić information content (AvgIpc) is 2.36. The monoisotopic (exact) mass is 343 g/mol. The molecular formula is C15H22BrNO3. The predicted octanol–water partition coefficient (Wildman–Crippen LogP) is 3.04. The number of hydrogen-bond donors (Lipinski definition) is 2. The number of hydrogen-bond acceptors (Lipinski definition) is 3. The molecule has 112 valence electrons. The second-order valence-electron chi connectivity index (χ2n) is 5.25. The number of benzene rings is 1. The highest BCUT2D eigenvalue weighted by Gasteiger charge is 2.14. The summed E-state index contributed by atoms with van der Waals surface area (Å²) in [6, 6.07) is 5.45. The third-order valence-electron chi connectivity index (χ3n) is 3.17. The van der Waals surface area contributed by atoms with Gasteiger partial charge in [-0.3, -0.25) is 4.79 Å². The van der Waals surface area contributed by atoms with Crippen molar-refractivity contribution in [3.8, 4) is 5.75 Å². The molecule has 2 atom stereocenters. The van der Waals surface area contributed by atoms with Crippen LogP contribution in [0.25, 0.3) is 0 Å². The number of ether oxygens (including phenoxy) is 1. The molecule has 0 saturated carbocycles. The van der Waals surface area contributed by atoms with E-state index in [0.717, 1.165) is 4.47 Å². The average molecular weight is 344 g/mol. The van der Waals surface area contributed by atoms with Crippen LogP contribution >= 0.6 is 15.9 Å². The van der Waals surface area contributed by atoms with Gasteiger partial charge in [0.25, 0.3) is 5.91 Å². The Morgan fingerprint density at radius 3 is 2.55 bits per heavy atom. The summed E-state index contributed by atoms with van der Waals surface area (Å²) in [4.78, 5) is 11.8. The van der Waals surface area contributed by atoms with Crippen molar-refractivity contribution in [2.75, 3.05) is 6.61 Å². The van der Waals surface area contributed by atoms with E-state index in [9.17, 15) is 9.90 Å². The van der Waals surface area contributed by atoms with E-state index in [1.165, 1.54) is 0 Å². The van der Waals surface area contributed by atoms with E-state index in [1.807, 2.05) is 26.8 Å². The second-order valence-corrected chi connectivity index (χ2v) is 6.16. The van der Waals surface area contributed by atoms with Gasteiger partial charge in [-0.15, -0.1) is 0 Å². The minimum atomic E-state index is -0.653. The van der Waals surface area contributed by atoms with Crippen LogP contribution < -0.4 is 10.1 Å². The van der Waals surface area contributed by atoms with Gasteiger partial charge in [0.05, 0.1) is 6.10 Å². The summed E-state index contributed by atoms with van der Waals surface area (Å²) in [5.74, 6) is 0.737. The highest BCUT2D eigenvalue weighted by Crippen LogP contribution is 2.28. The first-order valence-electron chi connectivity index (χ1n) is 6.71. The van der Waals surface area contributed by atoms with Gasteiger partial charge < -0.3 is 15.2 Å². The fraction of sp³-hybridized carbons (Fsp3) is 0.533. The highest BCUT2D eigenvalue weighted by atomic mass is 79.9. The van der Waals surface area contributed by atoms with Crippen molar-refractivity contribution < 1.29 is 14.6 Å². The highest BCUT2D eigenvalue weighted by molar-refractivity contribution is 9.10. The molecule has 2 N–H and O–H groups in total. The van der Waals surface area contributed by atoms with E-state index in [1.54, 1.807) is 19.1 Å². The van der Waals surface area contributed by atoms with Gasteiger partial charge in [0.2, 0.25) is 0 Å². The standard InChI is InChI=1S/C15H22BrNO3/c1-9(2)10(3)17-15(19)8-20-14-6-5-12(16)7-13(14)11(4)18/h5-7,9-11,18H,8H2,1-4H3,(H,17,19)/t10?,11-/m0/s1. The molecule has 1 rings (SSSR count). The normalized spacial score (nSPS) is 13.9. The van der Waals surface area contributed by atoms with Crippen molar-refractivity contribution in [1.82, 2.24) is 5.32 Å². The van der Waals surface area contributed by atoms with Gasteiger partial charge in [-0.1, -0.05) is 29.8 Å². The Kier molecular flexibility index (Phi) is 6.49. The molecular weight excluding hydrogens is 322 g/mol. The molecule has 1 amide bonds. The van der Waals surface area contributed by atoms with E-state index in [4.69, 9.17) is 4.74 Å². The number of amides is 1. The molecule has 5 heteroatoms. The molecule has 0 heterocycles. The SMILES string of the molecule is CC(C)C(C)NC(=O)COc1ccc(Br)cc1[C@H](C)O. The van der Waals surface area contributed by atoms with E-state index in [2.05, 4.69) is 21.2 Å². The quantitative estimate of drug-likeness (QED) is 0.834. The minimum Gasteiger partial charge on any atom is -0.483 e. The van der Waals surface area contributed by atoms with Gasteiger partial charge in [-0.25, -0.2) is 0 Å². The molecule has 20 heavy (non-hydrogen) atoms. The third kappa shape index (κ3) is 5.13. The molecule has 0 saturated heterocycles. The molecule has 0 aliphatic carbocycles. The lowest BCUT2D eigenvalue weighted by molar-refractivity contribution is -0.124. The molecule has 1 unspecified atom stereocenters. The van der Waals surface area contributed by atoms with E-state index >= 15 is 0 Å². The summed E-state index contributed by atoms with van der Waals surface area (Å²) < 4.78 is 6.36. The molecule has 0 spiro atoms. The van der Waals surface area contributed by atoms with Crippen LogP contribution in [-0.2, 0) is 4.79 Å². The summed E-state index contributed by atoms with van der Waals surface area (Å²) >= 11 is 3.35. The number of aliphatic hydroxyl groups excluding tert-OH is 1. The smallest absolute Gasteiger partial charge is 0.258 e. The molecule has 0 aliphatic heterocycles. The van der Waals surface area contributed by atoms with Gasteiger partial charge in [-0.05, 0) is 38.0 Å². The van der Waals surface area contributed by atoms with Crippen LogP contribution in [0.2, 0.25) is 0 Å². The molecule has 0 aromatic heterocycles. The van der Waals surface area contributed by atoms with Crippen molar-refractivity contribution in [3.63, 3.8) is 0 Å². The number of carbonyl (C=O) groups excluding carboxylic acids is 1. The Labute approximate surface area is 128 Å². The summed E-state index contributed by atoms with van der Waals surface area (Å²) in [5.41, 5.74) is 0.657. The molecule has 1 aromatic carbocycles. The van der Waals surface area contributed by atoms with Gasteiger partial charge in [0, 0.05) is 16.1 Å². The van der Waals surface area contributed by atoms with Gasteiger partial charge in [0.1, 0.15) is 5.75 Å². The predicted molar refractivity (Wildman–Crippen MR) is 82.7 cm³/mol. The van der Waals surface area contributed by atoms with Crippen LogP contribution in [0.1, 0.15) is 39.4 Å². The number of halogens is 1. The van der Waals surface area contributed by atoms with Crippen molar-refractivity contribution in [2.24, 2.45) is 5.92 Å². The molecule has 0 aliphatic rings. The fourth-order valence-electron chi connectivity index (χ4n) is 1.58. The maximum atomic E-state index is 11.8. The molecule has 0 radical (unpaired) electrons. The number of rotatable bonds is 6. The number of carbonyl (C=O) groups is 1. The van der Waals surface area contributed by atoms with Crippen molar-refractivity contribution in [2.45, 2.75) is 39.8 Å². The Morgan fingerprint density at radius 1 is 1.35 bits per heavy atom. The Bertz CT molecular complexity index is 460. The van der Waals surface area contributed by atoms with Crippen LogP contribution in [0.5, 0.6) is 5.75 Å². The van der Waals surface area contributed by atoms with Gasteiger partial charge in [-0.2, -0.15) is 0 Å². The van der Waals surface area contributed by atoms with E-state index in [-0.39, 0.29) is 18.6 Å². The van der Waals surface area contributed by atoms with Crippen LogP contribution in [0, 0.1) is 5.92 Å². The van der Waals surface area contributed by atoms with Crippen LogP contribution in [0.3, 0.4) is 0 Å². The minimum absolute atomic E-state index is 0.0571. The zero-order chi connectivity index (χ0) is 15.3. The Balaban J connectivity index is 2.64. The topological polar surface area (TPSA) is 58.6 Å². The summed E-state index contributed by atoms with van der Waals surface area (Å²) in [7, 11) is 0. The number of nitrogens with one attached hydrogen (secondary N) is 1. The van der Waals surface area contributed by atoms with E-state index in [0.29, 0.717) is 17.2 Å². The molecule has 0 bridgehead atoms. The molecule has 1 aromatic rings. The lowest BCUT2D eigenvalue weighted by Crippen LogP contribution is -2.39. The lowest BCUT2D eigenvalue weighted by Gasteiger charge is -2.18. The second kappa shape index (κ2) is 7.64. The Morgan fingerprint density at radius 2 is 2.00 bits per heavy atom. The van der Waals surface area contributed by atoms with Crippen LogP contribution in [0.15, 0.2) is 22.7 Å². The van der Waals surface area contributed by atoms with Gasteiger partial charge >= 0.3 is 0 Å². The van der Waals surface area contributed by atoms with Crippen LogP contribution in [-0.4, -0.2) is 23.7 Å². The van der Waals surface area contributed by atoms with Crippen LogP contribution in [0.4, 0.5) is 0 Å². The molecule has 4 nitrogen and oxygen atoms in total. The van der Waals surface area contributed by atoms with Crippen molar-refractivity contribution >= 4 is 21.8 Å². The third-order valence-corrected chi connectivity index (χ3v) is 3.66. The largest absolute Gasteiger partial charge is 0.483 e. The maximum absolute atomic E-state index is 11.8. The van der Waals surface area contributed by atoms with Crippen molar-refractivity contribution in [1.29, 1.82) is 0 Å². The zero-order valence-corrected chi connectivity index (χ0v) is 13.9. The number of aliphatic hydroxyl groups is 1. The van der Waals surface area contributed by atoms with Gasteiger partial charge in [0.15, 0.2) is 6.61 Å². The molecule has 0 fully saturated rings. The first-order valence-corrected chi connectivity index (χ1v) is 7.50. The zero-order valence-electron chi connectivity index (χ0n) is 12.3. The first-order chi connectivity index (χ1) is 9.31. The van der Waals surface area contributed by atoms with Crippen molar-refractivity contribution in [3.05, 3.63) is 28.2 Å². The summed E-state index contributed by atoms with van der Waals surface area (Å²) in [6.45, 7) is 7.66. The maximum Gasteiger partial charge on any atom is 0.258 e. The first kappa shape index (κ1) is 17.0. The fourth-order valence-corrected chi connectivity index (χ4v) is 1.96. The summed E-state index contributed by atoms with van der Waals surface area (Å²) in [5, 5.41) is 12.6. The van der Waals surface area contributed by atoms with E-state index < -0.39 is 6.10 Å². The summed E-state index contributed by atoms with van der Waals surface area (Å²) in [6.07, 6.45) is -0.653. The Hall–Kier alpha value is -1.07.